The minimum atomic E-state index is -3.91. The molecule has 1 N–H and O–H groups in total. The number of benzene rings is 2. The Morgan fingerprint density at radius 2 is 1.69 bits per heavy atom. The first-order chi connectivity index (χ1) is 15.2. The van der Waals surface area contributed by atoms with Crippen LogP contribution in [0.25, 0.3) is 5.82 Å². The monoisotopic (exact) mass is 489 g/mol. The Balaban J connectivity index is 1.46. The lowest BCUT2D eigenvalue weighted by molar-refractivity contribution is 0.454. The first-order valence-electron chi connectivity index (χ1n) is 9.34. The molecule has 0 fully saturated rings. The van der Waals surface area contributed by atoms with Gasteiger partial charge in [-0.05, 0) is 68.4 Å². The van der Waals surface area contributed by atoms with Crippen LogP contribution in [0.3, 0.4) is 0 Å². The zero-order chi connectivity index (χ0) is 22.9. The molecule has 8 nitrogen and oxygen atoms in total. The molecule has 4 aromatic rings. The Morgan fingerprint density at radius 3 is 2.31 bits per heavy atom. The summed E-state index contributed by atoms with van der Waals surface area (Å²) in [6.07, 6.45) is 0. The molecule has 164 valence electrons. The van der Waals surface area contributed by atoms with Crippen LogP contribution in [0.4, 0.5) is 5.69 Å². The summed E-state index contributed by atoms with van der Waals surface area (Å²) in [6, 6.07) is 15.9. The highest BCUT2D eigenvalue weighted by atomic mass is 35.5. The second-order valence-corrected chi connectivity index (χ2v) is 9.37. The van der Waals surface area contributed by atoms with Gasteiger partial charge in [-0.25, -0.2) is 13.1 Å². The lowest BCUT2D eigenvalue weighted by Gasteiger charge is -2.11. The van der Waals surface area contributed by atoms with Gasteiger partial charge >= 0.3 is 0 Å². The maximum atomic E-state index is 12.6. The van der Waals surface area contributed by atoms with Gasteiger partial charge in [-0.15, -0.1) is 10.2 Å². The highest BCUT2D eigenvalue weighted by Gasteiger charge is 2.18. The number of hydrogen-bond acceptors (Lipinski definition) is 6. The maximum absolute atomic E-state index is 12.6. The summed E-state index contributed by atoms with van der Waals surface area (Å²) in [5.74, 6) is 1.32. The van der Waals surface area contributed by atoms with Crippen molar-refractivity contribution in [3.8, 4) is 17.4 Å². The normalized spacial score (nSPS) is 11.4. The van der Waals surface area contributed by atoms with Crippen molar-refractivity contribution in [3.05, 3.63) is 82.1 Å². The molecule has 0 amide bonds. The minimum Gasteiger partial charge on any atom is -0.438 e. The van der Waals surface area contributed by atoms with Crippen LogP contribution in [0.2, 0.25) is 10.0 Å². The van der Waals surface area contributed by atoms with Crippen LogP contribution < -0.4 is 9.46 Å². The van der Waals surface area contributed by atoms with E-state index < -0.39 is 10.0 Å². The van der Waals surface area contributed by atoms with Gasteiger partial charge in [-0.3, -0.25) is 4.72 Å². The van der Waals surface area contributed by atoms with Crippen molar-refractivity contribution in [2.45, 2.75) is 18.7 Å². The maximum Gasteiger partial charge on any atom is 0.263 e. The van der Waals surface area contributed by atoms with Gasteiger partial charge < -0.3 is 4.74 Å². The molecule has 0 saturated heterocycles. The molecule has 11 heteroatoms. The molecule has 0 saturated carbocycles. The first kappa shape index (κ1) is 22.1. The standard InChI is InChI=1S/C21H17Cl2N5O3S/c1-13-11-14(2)28(26-13)20-9-10-21(25-24-20)31-17-6-4-16(5-7-17)27-32(29,30)19-12-15(22)3-8-18(19)23/h3-12,27H,1-2H3. The van der Waals surface area contributed by atoms with Crippen molar-refractivity contribution in [1.29, 1.82) is 0 Å². The Kier molecular flexibility index (Phi) is 6.05. The average molecular weight is 490 g/mol. The number of aryl methyl sites for hydroxylation is 2. The lowest BCUT2D eigenvalue weighted by atomic mass is 10.3. The second-order valence-electron chi connectivity index (χ2n) is 6.88. The molecule has 0 spiro atoms. The second kappa shape index (κ2) is 8.78. The number of anilines is 1. The average Bonchev–Trinajstić information content (AvgIpc) is 3.09. The zero-order valence-corrected chi connectivity index (χ0v) is 19.3. The van der Waals surface area contributed by atoms with E-state index in [1.54, 1.807) is 41.1 Å². The smallest absolute Gasteiger partial charge is 0.263 e. The molecular weight excluding hydrogens is 473 g/mol. The van der Waals surface area contributed by atoms with Gasteiger partial charge in [0.05, 0.1) is 10.7 Å². The van der Waals surface area contributed by atoms with Gasteiger partial charge in [0, 0.05) is 22.5 Å². The zero-order valence-electron chi connectivity index (χ0n) is 17.0. The molecule has 0 unspecified atom stereocenters. The van der Waals surface area contributed by atoms with Crippen molar-refractivity contribution in [3.63, 3.8) is 0 Å². The summed E-state index contributed by atoms with van der Waals surface area (Å²) in [4.78, 5) is -0.107. The molecule has 2 aromatic heterocycles. The van der Waals surface area contributed by atoms with Gasteiger partial charge in [0.2, 0.25) is 5.88 Å². The van der Waals surface area contributed by atoms with E-state index in [0.29, 0.717) is 17.3 Å². The molecule has 2 heterocycles. The van der Waals surface area contributed by atoms with Crippen LogP contribution in [-0.2, 0) is 10.0 Å². The molecule has 2 aromatic carbocycles. The fourth-order valence-corrected chi connectivity index (χ4v) is 4.77. The van der Waals surface area contributed by atoms with Gasteiger partial charge in [0.25, 0.3) is 10.0 Å². The van der Waals surface area contributed by atoms with Crippen LogP contribution in [-0.4, -0.2) is 28.4 Å². The number of hydrogen-bond donors (Lipinski definition) is 1. The third-order valence-corrected chi connectivity index (χ3v) is 6.46. The van der Waals surface area contributed by atoms with Crippen molar-refractivity contribution >= 4 is 38.9 Å². The lowest BCUT2D eigenvalue weighted by Crippen LogP contribution is -2.13. The van der Waals surface area contributed by atoms with Crippen LogP contribution >= 0.6 is 23.2 Å². The molecule has 0 radical (unpaired) electrons. The van der Waals surface area contributed by atoms with E-state index in [9.17, 15) is 8.42 Å². The fraction of sp³-hybridized carbons (Fsp3) is 0.0952. The van der Waals surface area contributed by atoms with Gasteiger partial charge in [-0.2, -0.15) is 5.10 Å². The van der Waals surface area contributed by atoms with E-state index in [4.69, 9.17) is 27.9 Å². The summed E-state index contributed by atoms with van der Waals surface area (Å²) in [5.41, 5.74) is 2.17. The highest BCUT2D eigenvalue weighted by Crippen LogP contribution is 2.28. The van der Waals surface area contributed by atoms with Gasteiger partial charge in [0.1, 0.15) is 10.6 Å². The van der Waals surface area contributed by atoms with E-state index in [0.717, 1.165) is 11.4 Å². The Labute approximate surface area is 194 Å². The van der Waals surface area contributed by atoms with Gasteiger partial charge in [0.15, 0.2) is 5.82 Å². The predicted octanol–water partition coefficient (Wildman–Crippen LogP) is 5.18. The first-order valence-corrected chi connectivity index (χ1v) is 11.6. The van der Waals surface area contributed by atoms with E-state index in [-0.39, 0.29) is 20.8 Å². The summed E-state index contributed by atoms with van der Waals surface area (Å²) >= 11 is 11.9. The third-order valence-electron chi connectivity index (χ3n) is 4.36. The molecule has 0 aliphatic rings. The number of nitrogens with zero attached hydrogens (tertiary/aromatic N) is 4. The van der Waals surface area contributed by atoms with E-state index in [1.807, 2.05) is 19.9 Å². The van der Waals surface area contributed by atoms with E-state index >= 15 is 0 Å². The SMILES string of the molecule is Cc1cc(C)n(-c2ccc(Oc3ccc(NS(=O)(=O)c4cc(Cl)ccc4Cl)cc3)nn2)n1. The molecule has 0 aliphatic carbocycles. The summed E-state index contributed by atoms with van der Waals surface area (Å²) in [7, 11) is -3.91. The number of aromatic nitrogens is 4. The van der Waals surface area contributed by atoms with Crippen molar-refractivity contribution in [2.75, 3.05) is 4.72 Å². The Morgan fingerprint density at radius 1 is 0.938 bits per heavy atom. The van der Waals surface area contributed by atoms with Gasteiger partial charge in [-0.1, -0.05) is 23.2 Å². The number of rotatable bonds is 6. The number of nitrogens with one attached hydrogen (secondary N) is 1. The molecular formula is C21H17Cl2N5O3S. The highest BCUT2D eigenvalue weighted by molar-refractivity contribution is 7.92. The largest absolute Gasteiger partial charge is 0.438 e. The van der Waals surface area contributed by atoms with Crippen LogP contribution in [0.1, 0.15) is 11.4 Å². The van der Waals surface area contributed by atoms with Crippen molar-refractivity contribution in [1.82, 2.24) is 20.0 Å². The Hall–Kier alpha value is -3.14. The molecule has 4 rings (SSSR count). The van der Waals surface area contributed by atoms with Crippen molar-refractivity contribution in [2.24, 2.45) is 0 Å². The van der Waals surface area contributed by atoms with E-state index in [2.05, 4.69) is 20.0 Å². The fourth-order valence-electron chi connectivity index (χ4n) is 2.95. The number of halogens is 2. The van der Waals surface area contributed by atoms with Crippen LogP contribution in [0, 0.1) is 13.8 Å². The van der Waals surface area contributed by atoms with Crippen LogP contribution in [0.5, 0.6) is 11.6 Å². The topological polar surface area (TPSA) is 99.0 Å². The molecule has 32 heavy (non-hydrogen) atoms. The molecule has 0 bridgehead atoms. The number of sulfonamides is 1. The van der Waals surface area contributed by atoms with E-state index in [1.165, 1.54) is 18.2 Å². The summed E-state index contributed by atoms with van der Waals surface area (Å²) in [5, 5.41) is 12.9. The predicted molar refractivity (Wildman–Crippen MR) is 122 cm³/mol. The minimum absolute atomic E-state index is 0.0735. The van der Waals surface area contributed by atoms with Crippen LogP contribution in [0.15, 0.2) is 65.6 Å². The van der Waals surface area contributed by atoms with Crippen molar-refractivity contribution < 1.29 is 13.2 Å². The third kappa shape index (κ3) is 4.85. The molecule has 0 aliphatic heterocycles. The number of ether oxygens (including phenoxy) is 1. The molecule has 0 atom stereocenters. The summed E-state index contributed by atoms with van der Waals surface area (Å²) < 4.78 is 35.1. The summed E-state index contributed by atoms with van der Waals surface area (Å²) in [6.45, 7) is 3.84. The Bertz CT molecular complexity index is 1370. The quantitative estimate of drug-likeness (QED) is 0.400.